The number of methoxy groups -OCH3 is 1. The van der Waals surface area contributed by atoms with Crippen molar-refractivity contribution in [3.63, 3.8) is 0 Å². The topological polar surface area (TPSA) is 110 Å². The highest BCUT2D eigenvalue weighted by molar-refractivity contribution is 5.69. The number of nitro groups is 1. The zero-order valence-corrected chi connectivity index (χ0v) is 10.6. The van der Waals surface area contributed by atoms with E-state index in [9.17, 15) is 25.1 Å². The molecule has 0 spiro atoms. The third-order valence-electron chi connectivity index (χ3n) is 2.73. The molecule has 0 radical (unpaired) electrons. The fraction of sp³-hybridized carbons (Fsp3) is 0.417. The number of ether oxygens (including phenoxy) is 1. The SMILES string of the molecule is COC(=O)CC(O)C(O)c1ccc([N+](=O)[O-])c(C)c1. The van der Waals surface area contributed by atoms with Gasteiger partial charge in [-0.05, 0) is 24.6 Å². The average Bonchev–Trinajstić information content (AvgIpc) is 2.36. The number of aliphatic hydroxyl groups is 2. The fourth-order valence-electron chi connectivity index (χ4n) is 1.66. The van der Waals surface area contributed by atoms with Gasteiger partial charge in [-0.25, -0.2) is 0 Å². The van der Waals surface area contributed by atoms with Crippen LogP contribution in [0.25, 0.3) is 0 Å². The van der Waals surface area contributed by atoms with E-state index in [4.69, 9.17) is 0 Å². The van der Waals surface area contributed by atoms with Crippen molar-refractivity contribution in [2.24, 2.45) is 0 Å². The van der Waals surface area contributed by atoms with Crippen LogP contribution in [0.15, 0.2) is 18.2 Å². The van der Waals surface area contributed by atoms with Gasteiger partial charge < -0.3 is 14.9 Å². The Balaban J connectivity index is 2.88. The summed E-state index contributed by atoms with van der Waals surface area (Å²) in [5.74, 6) is -0.648. The number of hydrogen-bond donors (Lipinski definition) is 2. The standard InChI is InChI=1S/C12H15NO6/c1-7-5-8(3-4-9(7)13(17)18)12(16)10(14)6-11(15)19-2/h3-5,10,12,14,16H,6H2,1-2H3. The van der Waals surface area contributed by atoms with Crippen LogP contribution < -0.4 is 0 Å². The molecule has 1 aromatic carbocycles. The largest absolute Gasteiger partial charge is 0.469 e. The van der Waals surface area contributed by atoms with Gasteiger partial charge >= 0.3 is 5.97 Å². The Morgan fingerprint density at radius 2 is 2.11 bits per heavy atom. The van der Waals surface area contributed by atoms with Gasteiger partial charge in [-0.2, -0.15) is 0 Å². The number of nitro benzene ring substituents is 1. The maximum Gasteiger partial charge on any atom is 0.308 e. The van der Waals surface area contributed by atoms with Crippen molar-refractivity contribution < 1.29 is 24.7 Å². The Bertz CT molecular complexity index is 487. The minimum atomic E-state index is -1.33. The molecule has 1 rings (SSSR count). The number of carbonyl (C=O) groups excluding carboxylic acids is 1. The van der Waals surface area contributed by atoms with Crippen LogP contribution in [0.5, 0.6) is 0 Å². The third-order valence-corrected chi connectivity index (χ3v) is 2.73. The molecule has 104 valence electrons. The van der Waals surface area contributed by atoms with Gasteiger partial charge in [0.25, 0.3) is 5.69 Å². The maximum absolute atomic E-state index is 11.0. The first-order chi connectivity index (χ1) is 8.86. The Hall–Kier alpha value is -1.99. The van der Waals surface area contributed by atoms with Crippen LogP contribution in [0.3, 0.4) is 0 Å². The van der Waals surface area contributed by atoms with Crippen molar-refractivity contribution >= 4 is 11.7 Å². The number of hydrogen-bond acceptors (Lipinski definition) is 6. The second-order valence-corrected chi connectivity index (χ2v) is 4.10. The number of benzene rings is 1. The molecule has 0 aliphatic carbocycles. The molecule has 2 unspecified atom stereocenters. The van der Waals surface area contributed by atoms with Crippen molar-refractivity contribution in [2.75, 3.05) is 7.11 Å². The highest BCUT2D eigenvalue weighted by Crippen LogP contribution is 2.25. The van der Waals surface area contributed by atoms with Gasteiger partial charge in [0.1, 0.15) is 6.10 Å². The van der Waals surface area contributed by atoms with E-state index >= 15 is 0 Å². The Morgan fingerprint density at radius 1 is 1.47 bits per heavy atom. The van der Waals surface area contributed by atoms with Gasteiger partial charge in [0.2, 0.25) is 0 Å². The van der Waals surface area contributed by atoms with Crippen LogP contribution >= 0.6 is 0 Å². The first kappa shape index (κ1) is 15.1. The van der Waals surface area contributed by atoms with Gasteiger partial charge in [0.05, 0.1) is 24.6 Å². The van der Waals surface area contributed by atoms with Crippen molar-refractivity contribution in [1.29, 1.82) is 0 Å². The van der Waals surface area contributed by atoms with E-state index in [1.807, 2.05) is 0 Å². The maximum atomic E-state index is 11.0. The minimum absolute atomic E-state index is 0.0709. The summed E-state index contributed by atoms with van der Waals surface area (Å²) in [7, 11) is 1.18. The lowest BCUT2D eigenvalue weighted by Gasteiger charge is -2.17. The number of aryl methyl sites for hydroxylation is 1. The fourth-order valence-corrected chi connectivity index (χ4v) is 1.66. The molecule has 7 nitrogen and oxygen atoms in total. The molecule has 0 aliphatic heterocycles. The van der Waals surface area contributed by atoms with Gasteiger partial charge in [-0.15, -0.1) is 0 Å². The summed E-state index contributed by atoms with van der Waals surface area (Å²) in [6.45, 7) is 1.53. The molecule has 0 aliphatic rings. The van der Waals surface area contributed by atoms with Crippen LogP contribution in [-0.2, 0) is 9.53 Å². The molecule has 0 saturated heterocycles. The molecule has 0 aromatic heterocycles. The van der Waals surface area contributed by atoms with Crippen LogP contribution in [0.1, 0.15) is 23.7 Å². The lowest BCUT2D eigenvalue weighted by molar-refractivity contribution is -0.385. The molecule has 0 heterocycles. The molecule has 0 saturated carbocycles. The summed E-state index contributed by atoms with van der Waals surface area (Å²) in [6, 6.07) is 4.00. The van der Waals surface area contributed by atoms with Gasteiger partial charge in [0, 0.05) is 11.6 Å². The second kappa shape index (κ2) is 6.26. The number of aliphatic hydroxyl groups excluding tert-OH is 2. The molecule has 0 amide bonds. The first-order valence-electron chi connectivity index (χ1n) is 5.54. The monoisotopic (exact) mass is 269 g/mol. The van der Waals surface area contributed by atoms with Crippen molar-refractivity contribution in [3.8, 4) is 0 Å². The highest BCUT2D eigenvalue weighted by Gasteiger charge is 2.23. The summed E-state index contributed by atoms with van der Waals surface area (Å²) in [5, 5.41) is 30.2. The molecule has 0 fully saturated rings. The Morgan fingerprint density at radius 3 is 2.58 bits per heavy atom. The summed E-state index contributed by atoms with van der Waals surface area (Å²) in [5.41, 5.74) is 0.602. The van der Waals surface area contributed by atoms with E-state index in [0.29, 0.717) is 11.1 Å². The van der Waals surface area contributed by atoms with Gasteiger partial charge in [-0.1, -0.05) is 0 Å². The van der Waals surface area contributed by atoms with E-state index in [1.165, 1.54) is 32.2 Å². The van der Waals surface area contributed by atoms with Crippen molar-refractivity contribution in [1.82, 2.24) is 0 Å². The van der Waals surface area contributed by atoms with E-state index in [2.05, 4.69) is 4.74 Å². The van der Waals surface area contributed by atoms with E-state index in [-0.39, 0.29) is 12.1 Å². The quantitative estimate of drug-likeness (QED) is 0.466. The average molecular weight is 269 g/mol. The predicted octanol–water partition coefficient (Wildman–Crippen LogP) is 0.861. The number of rotatable bonds is 5. The smallest absolute Gasteiger partial charge is 0.308 e. The van der Waals surface area contributed by atoms with Gasteiger partial charge in [-0.3, -0.25) is 14.9 Å². The van der Waals surface area contributed by atoms with Crippen LogP contribution in [0, 0.1) is 17.0 Å². The van der Waals surface area contributed by atoms with Crippen molar-refractivity contribution in [3.05, 3.63) is 39.4 Å². The zero-order valence-electron chi connectivity index (χ0n) is 10.6. The Kier molecular flexibility index (Phi) is 4.96. The molecule has 1 aromatic rings. The molecular formula is C12H15NO6. The second-order valence-electron chi connectivity index (χ2n) is 4.10. The van der Waals surface area contributed by atoms with Crippen LogP contribution in [0.2, 0.25) is 0 Å². The lowest BCUT2D eigenvalue weighted by atomic mass is 10.00. The summed E-state index contributed by atoms with van der Waals surface area (Å²) >= 11 is 0. The summed E-state index contributed by atoms with van der Waals surface area (Å²) in [6.07, 6.45) is -2.99. The molecule has 19 heavy (non-hydrogen) atoms. The normalized spacial score (nSPS) is 13.7. The van der Waals surface area contributed by atoms with Crippen molar-refractivity contribution in [2.45, 2.75) is 25.6 Å². The molecule has 0 bridgehead atoms. The number of esters is 1. The molecular weight excluding hydrogens is 254 g/mol. The van der Waals surface area contributed by atoms with E-state index in [1.54, 1.807) is 0 Å². The van der Waals surface area contributed by atoms with Crippen LogP contribution in [-0.4, -0.2) is 34.3 Å². The molecule has 2 N–H and O–H groups in total. The van der Waals surface area contributed by atoms with E-state index < -0.39 is 23.1 Å². The minimum Gasteiger partial charge on any atom is -0.469 e. The zero-order chi connectivity index (χ0) is 14.6. The first-order valence-corrected chi connectivity index (χ1v) is 5.54. The number of carbonyl (C=O) groups is 1. The highest BCUT2D eigenvalue weighted by atomic mass is 16.6. The molecule has 7 heteroatoms. The number of nitrogens with zero attached hydrogens (tertiary/aromatic N) is 1. The summed E-state index contributed by atoms with van der Waals surface area (Å²) < 4.78 is 4.38. The van der Waals surface area contributed by atoms with Crippen LogP contribution in [0.4, 0.5) is 5.69 Å². The Labute approximate surface area is 109 Å². The predicted molar refractivity (Wildman–Crippen MR) is 65.4 cm³/mol. The van der Waals surface area contributed by atoms with Gasteiger partial charge in [0.15, 0.2) is 0 Å². The lowest BCUT2D eigenvalue weighted by Crippen LogP contribution is -2.22. The van der Waals surface area contributed by atoms with E-state index in [0.717, 1.165) is 0 Å². The molecule has 2 atom stereocenters. The third kappa shape index (κ3) is 3.73. The summed E-state index contributed by atoms with van der Waals surface area (Å²) in [4.78, 5) is 21.1.